The van der Waals surface area contributed by atoms with Crippen LogP contribution in [0.15, 0.2) is 23.1 Å². The molecule has 1 amide bonds. The normalized spacial score (nSPS) is 19.6. The number of anilines is 1. The number of sulfonamides is 1. The molecule has 1 aliphatic carbocycles. The lowest BCUT2D eigenvalue weighted by Crippen LogP contribution is -2.41. The van der Waals surface area contributed by atoms with Crippen molar-refractivity contribution in [3.8, 4) is 0 Å². The smallest absolute Gasteiger partial charge is 0.240 e. The van der Waals surface area contributed by atoms with E-state index in [1.807, 2.05) is 0 Å². The fraction of sp³-hybridized carbons (Fsp3) is 0.462. The second-order valence-electron chi connectivity index (χ2n) is 5.34. The average molecular weight is 295 g/mol. The zero-order valence-electron chi connectivity index (χ0n) is 10.9. The highest BCUT2D eigenvalue weighted by Crippen LogP contribution is 2.33. The number of carbonyl (C=O) groups is 1. The molecule has 1 aromatic rings. The highest BCUT2D eigenvalue weighted by molar-refractivity contribution is 7.89. The molecule has 4 N–H and O–H groups in total. The van der Waals surface area contributed by atoms with E-state index in [4.69, 9.17) is 5.73 Å². The summed E-state index contributed by atoms with van der Waals surface area (Å²) in [5.74, 6) is 0.243. The van der Waals surface area contributed by atoms with E-state index in [-0.39, 0.29) is 23.3 Å². The summed E-state index contributed by atoms with van der Waals surface area (Å²) >= 11 is 0. The molecule has 1 aliphatic heterocycles. The molecule has 1 atom stereocenters. The lowest BCUT2D eigenvalue weighted by atomic mass is 10.2. The van der Waals surface area contributed by atoms with E-state index in [1.165, 1.54) is 6.07 Å². The van der Waals surface area contributed by atoms with Crippen molar-refractivity contribution in [3.63, 3.8) is 0 Å². The van der Waals surface area contributed by atoms with Crippen LogP contribution in [0.25, 0.3) is 0 Å². The van der Waals surface area contributed by atoms with Gasteiger partial charge in [0.2, 0.25) is 15.9 Å². The topological polar surface area (TPSA) is 101 Å². The first-order valence-electron chi connectivity index (χ1n) is 6.65. The first kappa shape index (κ1) is 13.5. The van der Waals surface area contributed by atoms with Crippen molar-refractivity contribution in [3.05, 3.63) is 23.8 Å². The minimum absolute atomic E-state index is 0.111. The summed E-state index contributed by atoms with van der Waals surface area (Å²) in [5.41, 5.74) is 7.03. The summed E-state index contributed by atoms with van der Waals surface area (Å²) in [6.45, 7) is 0.300. The van der Waals surface area contributed by atoms with Crippen molar-refractivity contribution in [2.24, 2.45) is 11.7 Å². The predicted molar refractivity (Wildman–Crippen MR) is 74.7 cm³/mol. The first-order valence-corrected chi connectivity index (χ1v) is 8.13. The minimum Gasteiger partial charge on any atom is -0.329 e. The van der Waals surface area contributed by atoms with Gasteiger partial charge in [-0.05, 0) is 42.5 Å². The lowest BCUT2D eigenvalue weighted by molar-refractivity contribution is -0.115. The number of benzene rings is 1. The molecule has 1 fully saturated rings. The van der Waals surface area contributed by atoms with Gasteiger partial charge in [-0.3, -0.25) is 4.79 Å². The van der Waals surface area contributed by atoms with Crippen LogP contribution in [0.3, 0.4) is 0 Å². The molecule has 0 aromatic heterocycles. The maximum atomic E-state index is 12.3. The van der Waals surface area contributed by atoms with Gasteiger partial charge >= 0.3 is 0 Å². The highest BCUT2D eigenvalue weighted by Gasteiger charge is 2.33. The van der Waals surface area contributed by atoms with Crippen LogP contribution < -0.4 is 15.8 Å². The fourth-order valence-corrected chi connectivity index (χ4v) is 3.84. The standard InChI is InChI=1S/C13H17N3O3S/c14-7-12(8-1-2-8)16-20(18,19)10-3-4-11-9(5-10)6-13(17)15-11/h3-5,8,12,16H,1-2,6-7,14H2,(H,15,17). The van der Waals surface area contributed by atoms with Crippen molar-refractivity contribution < 1.29 is 13.2 Å². The molecule has 1 saturated carbocycles. The zero-order chi connectivity index (χ0) is 14.3. The van der Waals surface area contributed by atoms with Crippen molar-refractivity contribution in [1.82, 2.24) is 4.72 Å². The number of fused-ring (bicyclic) bond motifs is 1. The quantitative estimate of drug-likeness (QED) is 0.722. The monoisotopic (exact) mass is 295 g/mol. The van der Waals surface area contributed by atoms with Gasteiger partial charge in [0.05, 0.1) is 11.3 Å². The van der Waals surface area contributed by atoms with Gasteiger partial charge in [0.1, 0.15) is 0 Å². The van der Waals surface area contributed by atoms with Gasteiger partial charge in [-0.1, -0.05) is 0 Å². The minimum atomic E-state index is -3.58. The second kappa shape index (κ2) is 4.83. The molecule has 0 spiro atoms. The van der Waals surface area contributed by atoms with Crippen LogP contribution in [0.4, 0.5) is 5.69 Å². The molecule has 108 valence electrons. The summed E-state index contributed by atoms with van der Waals surface area (Å²) in [6.07, 6.45) is 2.27. The second-order valence-corrected chi connectivity index (χ2v) is 7.06. The molecule has 1 heterocycles. The SMILES string of the molecule is NCC(NS(=O)(=O)c1ccc2c(c1)CC(=O)N2)C1CC1. The van der Waals surface area contributed by atoms with Gasteiger partial charge in [-0.15, -0.1) is 0 Å². The number of carbonyl (C=O) groups excluding carboxylic acids is 1. The van der Waals surface area contributed by atoms with Gasteiger partial charge in [0.25, 0.3) is 0 Å². The van der Waals surface area contributed by atoms with Crippen LogP contribution >= 0.6 is 0 Å². The summed E-state index contributed by atoms with van der Waals surface area (Å²) in [5, 5.41) is 2.68. The zero-order valence-corrected chi connectivity index (χ0v) is 11.7. The van der Waals surface area contributed by atoms with E-state index in [2.05, 4.69) is 10.0 Å². The fourth-order valence-electron chi connectivity index (χ4n) is 2.48. The van der Waals surface area contributed by atoms with Gasteiger partial charge in [0, 0.05) is 18.3 Å². The van der Waals surface area contributed by atoms with Gasteiger partial charge in [-0.25, -0.2) is 13.1 Å². The van der Waals surface area contributed by atoms with Crippen LogP contribution in [0.2, 0.25) is 0 Å². The van der Waals surface area contributed by atoms with Crippen molar-refractivity contribution in [1.29, 1.82) is 0 Å². The van der Waals surface area contributed by atoms with Crippen LogP contribution in [-0.2, 0) is 21.2 Å². The van der Waals surface area contributed by atoms with E-state index in [1.54, 1.807) is 12.1 Å². The van der Waals surface area contributed by atoms with E-state index in [0.29, 0.717) is 23.7 Å². The molecule has 2 aliphatic rings. The molecule has 1 unspecified atom stereocenters. The summed E-state index contributed by atoms with van der Waals surface area (Å²) in [7, 11) is -3.58. The Labute approximate surface area is 117 Å². The molecule has 3 rings (SSSR count). The molecule has 0 bridgehead atoms. The summed E-state index contributed by atoms with van der Waals surface area (Å²) in [4.78, 5) is 11.5. The third kappa shape index (κ3) is 2.56. The van der Waals surface area contributed by atoms with Crippen LogP contribution in [0.1, 0.15) is 18.4 Å². The number of amides is 1. The van der Waals surface area contributed by atoms with Crippen LogP contribution in [-0.4, -0.2) is 26.9 Å². The lowest BCUT2D eigenvalue weighted by Gasteiger charge is -2.16. The maximum absolute atomic E-state index is 12.3. The van der Waals surface area contributed by atoms with E-state index >= 15 is 0 Å². The highest BCUT2D eigenvalue weighted by atomic mass is 32.2. The third-order valence-corrected chi connectivity index (χ3v) is 5.25. The Morgan fingerprint density at radius 2 is 2.15 bits per heavy atom. The van der Waals surface area contributed by atoms with E-state index in [0.717, 1.165) is 12.8 Å². The molecule has 20 heavy (non-hydrogen) atoms. The molecule has 7 heteroatoms. The molecule has 0 radical (unpaired) electrons. The largest absolute Gasteiger partial charge is 0.329 e. The van der Waals surface area contributed by atoms with Crippen LogP contribution in [0, 0.1) is 5.92 Å². The van der Waals surface area contributed by atoms with Crippen molar-refractivity contribution in [2.75, 3.05) is 11.9 Å². The molecule has 0 saturated heterocycles. The van der Waals surface area contributed by atoms with Gasteiger partial charge in [0.15, 0.2) is 0 Å². The summed E-state index contributed by atoms with van der Waals surface area (Å²) in [6, 6.07) is 4.49. The molecule has 1 aromatic carbocycles. The Morgan fingerprint density at radius 3 is 2.80 bits per heavy atom. The first-order chi connectivity index (χ1) is 9.49. The predicted octanol–water partition coefficient (Wildman–Crippen LogP) is 0.197. The van der Waals surface area contributed by atoms with E-state index in [9.17, 15) is 13.2 Å². The Morgan fingerprint density at radius 1 is 1.40 bits per heavy atom. The molecule has 6 nitrogen and oxygen atoms in total. The number of nitrogens with one attached hydrogen (secondary N) is 2. The third-order valence-electron chi connectivity index (χ3n) is 3.76. The van der Waals surface area contributed by atoms with E-state index < -0.39 is 10.0 Å². The van der Waals surface area contributed by atoms with Gasteiger partial charge in [-0.2, -0.15) is 0 Å². The Balaban J connectivity index is 1.84. The van der Waals surface area contributed by atoms with Gasteiger partial charge < -0.3 is 11.1 Å². The number of rotatable bonds is 5. The number of hydrogen-bond donors (Lipinski definition) is 3. The Kier molecular flexibility index (Phi) is 3.27. The Hall–Kier alpha value is -1.44. The van der Waals surface area contributed by atoms with Crippen molar-refractivity contribution >= 4 is 21.6 Å². The maximum Gasteiger partial charge on any atom is 0.240 e. The number of nitrogens with two attached hydrogens (primary N) is 1. The Bertz CT molecular complexity index is 653. The molecular formula is C13H17N3O3S. The summed E-state index contributed by atoms with van der Waals surface area (Å²) < 4.78 is 27.4. The molecular weight excluding hydrogens is 278 g/mol. The number of hydrogen-bond acceptors (Lipinski definition) is 4. The average Bonchev–Trinajstić information content (AvgIpc) is 3.16. The van der Waals surface area contributed by atoms with Crippen molar-refractivity contribution in [2.45, 2.75) is 30.2 Å². The van der Waals surface area contributed by atoms with Crippen LogP contribution in [0.5, 0.6) is 0 Å².